The van der Waals surface area contributed by atoms with E-state index >= 15 is 0 Å². The molecule has 0 unspecified atom stereocenters. The zero-order valence-electron chi connectivity index (χ0n) is 13.8. The Morgan fingerprint density at radius 1 is 1.04 bits per heavy atom. The van der Waals surface area contributed by atoms with E-state index in [4.69, 9.17) is 0 Å². The van der Waals surface area contributed by atoms with Gasteiger partial charge in [-0.2, -0.15) is 0 Å². The van der Waals surface area contributed by atoms with E-state index in [1.54, 1.807) is 29.2 Å². The fourth-order valence-corrected chi connectivity index (χ4v) is 2.80. The maximum absolute atomic E-state index is 13.6. The maximum atomic E-state index is 13.6. The number of anilines is 1. The van der Waals surface area contributed by atoms with Crippen LogP contribution in [-0.2, 0) is 6.54 Å². The van der Waals surface area contributed by atoms with Crippen molar-refractivity contribution in [2.75, 3.05) is 18.4 Å². The lowest BCUT2D eigenvalue weighted by Crippen LogP contribution is -2.32. The molecule has 3 rings (SSSR count). The van der Waals surface area contributed by atoms with Crippen molar-refractivity contribution in [3.05, 3.63) is 65.5 Å². The Labute approximate surface area is 145 Å². The van der Waals surface area contributed by atoms with Crippen molar-refractivity contribution in [2.45, 2.75) is 19.4 Å². The second-order valence-corrected chi connectivity index (χ2v) is 5.99. The van der Waals surface area contributed by atoms with E-state index in [1.165, 1.54) is 12.1 Å². The van der Waals surface area contributed by atoms with Crippen LogP contribution in [0.1, 0.15) is 28.8 Å². The SMILES string of the molecule is O=C(NCc1cccc(NC(=O)N2CCCC2)c1)c1ccccc1F. The number of carbonyl (C=O) groups excluding carboxylic acids is 2. The van der Waals surface area contributed by atoms with Gasteiger partial charge in [0.25, 0.3) is 5.91 Å². The third-order valence-electron chi connectivity index (χ3n) is 4.14. The molecular formula is C19H20FN3O2. The summed E-state index contributed by atoms with van der Waals surface area (Å²) in [5.74, 6) is -1.02. The van der Waals surface area contributed by atoms with Crippen LogP contribution in [0.5, 0.6) is 0 Å². The third-order valence-corrected chi connectivity index (χ3v) is 4.14. The summed E-state index contributed by atoms with van der Waals surface area (Å²) in [5, 5.41) is 5.56. The Balaban J connectivity index is 1.59. The Morgan fingerprint density at radius 3 is 2.56 bits per heavy atom. The Bertz CT molecular complexity index is 773. The first-order valence-corrected chi connectivity index (χ1v) is 8.31. The largest absolute Gasteiger partial charge is 0.348 e. The van der Waals surface area contributed by atoms with Gasteiger partial charge in [-0.05, 0) is 42.7 Å². The summed E-state index contributed by atoms with van der Waals surface area (Å²) in [7, 11) is 0. The second-order valence-electron chi connectivity index (χ2n) is 5.99. The number of hydrogen-bond donors (Lipinski definition) is 2. The van der Waals surface area contributed by atoms with Crippen molar-refractivity contribution in [1.29, 1.82) is 0 Å². The molecule has 2 aromatic rings. The first kappa shape index (κ1) is 17.0. The highest BCUT2D eigenvalue weighted by Gasteiger charge is 2.17. The van der Waals surface area contributed by atoms with Crippen LogP contribution in [0.4, 0.5) is 14.9 Å². The fraction of sp³-hybridized carbons (Fsp3) is 0.263. The van der Waals surface area contributed by atoms with Crippen LogP contribution in [0.25, 0.3) is 0 Å². The highest BCUT2D eigenvalue weighted by molar-refractivity contribution is 5.94. The van der Waals surface area contributed by atoms with Crippen LogP contribution in [0.2, 0.25) is 0 Å². The lowest BCUT2D eigenvalue weighted by Gasteiger charge is -2.16. The average Bonchev–Trinajstić information content (AvgIpc) is 3.15. The predicted octanol–water partition coefficient (Wildman–Crippen LogP) is 3.38. The van der Waals surface area contributed by atoms with Gasteiger partial charge in [0.2, 0.25) is 0 Å². The molecule has 1 fully saturated rings. The minimum absolute atomic E-state index is 0.0148. The topological polar surface area (TPSA) is 61.4 Å². The number of nitrogens with one attached hydrogen (secondary N) is 2. The van der Waals surface area contributed by atoms with E-state index in [2.05, 4.69) is 10.6 Å². The Kier molecular flexibility index (Phi) is 5.28. The second kappa shape index (κ2) is 7.79. The van der Waals surface area contributed by atoms with Gasteiger partial charge < -0.3 is 15.5 Å². The molecule has 0 aromatic heterocycles. The number of hydrogen-bond acceptors (Lipinski definition) is 2. The average molecular weight is 341 g/mol. The smallest absolute Gasteiger partial charge is 0.321 e. The van der Waals surface area contributed by atoms with Gasteiger partial charge in [-0.15, -0.1) is 0 Å². The molecule has 0 saturated carbocycles. The van der Waals surface area contributed by atoms with Crippen molar-refractivity contribution in [2.24, 2.45) is 0 Å². The van der Waals surface area contributed by atoms with Gasteiger partial charge in [-0.3, -0.25) is 4.79 Å². The van der Waals surface area contributed by atoms with Crippen molar-refractivity contribution >= 4 is 17.6 Å². The quantitative estimate of drug-likeness (QED) is 0.895. The fourth-order valence-electron chi connectivity index (χ4n) is 2.80. The van der Waals surface area contributed by atoms with Crippen LogP contribution in [0.3, 0.4) is 0 Å². The van der Waals surface area contributed by atoms with Crippen LogP contribution >= 0.6 is 0 Å². The lowest BCUT2D eigenvalue weighted by atomic mass is 10.1. The Hall–Kier alpha value is -2.89. The summed E-state index contributed by atoms with van der Waals surface area (Å²) in [6.07, 6.45) is 2.07. The molecule has 0 aliphatic carbocycles. The molecule has 130 valence electrons. The molecule has 25 heavy (non-hydrogen) atoms. The van der Waals surface area contributed by atoms with Crippen molar-refractivity contribution in [3.63, 3.8) is 0 Å². The number of rotatable bonds is 4. The van der Waals surface area contributed by atoms with Crippen LogP contribution in [0, 0.1) is 5.82 Å². The van der Waals surface area contributed by atoms with Gasteiger partial charge in [0.15, 0.2) is 0 Å². The minimum Gasteiger partial charge on any atom is -0.348 e. The van der Waals surface area contributed by atoms with Crippen LogP contribution < -0.4 is 10.6 Å². The molecule has 0 atom stereocenters. The maximum Gasteiger partial charge on any atom is 0.321 e. The van der Waals surface area contributed by atoms with Gasteiger partial charge >= 0.3 is 6.03 Å². The highest BCUT2D eigenvalue weighted by atomic mass is 19.1. The molecule has 1 aliphatic rings. The normalized spacial score (nSPS) is 13.6. The zero-order chi connectivity index (χ0) is 17.6. The molecule has 3 amide bonds. The molecular weight excluding hydrogens is 321 g/mol. The summed E-state index contributed by atoms with van der Waals surface area (Å²) >= 11 is 0. The number of likely N-dealkylation sites (tertiary alicyclic amines) is 1. The molecule has 1 aliphatic heterocycles. The molecule has 0 bridgehead atoms. The number of urea groups is 1. The third kappa shape index (κ3) is 4.35. The molecule has 0 spiro atoms. The molecule has 2 N–H and O–H groups in total. The first-order chi connectivity index (χ1) is 12.1. The van der Waals surface area contributed by atoms with E-state index in [1.807, 2.05) is 12.1 Å². The van der Waals surface area contributed by atoms with Gasteiger partial charge in [0, 0.05) is 25.3 Å². The van der Waals surface area contributed by atoms with E-state index in [9.17, 15) is 14.0 Å². The van der Waals surface area contributed by atoms with Gasteiger partial charge in [0.05, 0.1) is 5.56 Å². The minimum atomic E-state index is -0.549. The van der Waals surface area contributed by atoms with Crippen LogP contribution in [-0.4, -0.2) is 29.9 Å². The molecule has 0 radical (unpaired) electrons. The predicted molar refractivity (Wildman–Crippen MR) is 93.8 cm³/mol. The number of carbonyl (C=O) groups is 2. The summed E-state index contributed by atoms with van der Waals surface area (Å²) in [4.78, 5) is 26.0. The van der Waals surface area contributed by atoms with E-state index in [0.717, 1.165) is 31.5 Å². The summed E-state index contributed by atoms with van der Waals surface area (Å²) in [5.41, 5.74) is 1.51. The van der Waals surface area contributed by atoms with E-state index in [0.29, 0.717) is 5.69 Å². The summed E-state index contributed by atoms with van der Waals surface area (Å²) in [6.45, 7) is 1.81. The number of halogens is 1. The zero-order valence-corrected chi connectivity index (χ0v) is 13.8. The van der Waals surface area contributed by atoms with Crippen LogP contribution in [0.15, 0.2) is 48.5 Å². The van der Waals surface area contributed by atoms with Crippen molar-refractivity contribution in [1.82, 2.24) is 10.2 Å². The molecule has 5 nitrogen and oxygen atoms in total. The first-order valence-electron chi connectivity index (χ1n) is 8.31. The van der Waals surface area contributed by atoms with Crippen molar-refractivity contribution < 1.29 is 14.0 Å². The highest BCUT2D eigenvalue weighted by Crippen LogP contribution is 2.14. The van der Waals surface area contributed by atoms with Crippen molar-refractivity contribution in [3.8, 4) is 0 Å². The molecule has 6 heteroatoms. The summed E-state index contributed by atoms with van der Waals surface area (Å²) in [6, 6.07) is 13.0. The van der Waals surface area contributed by atoms with E-state index in [-0.39, 0.29) is 18.1 Å². The number of benzene rings is 2. The number of amides is 3. The van der Waals surface area contributed by atoms with Gasteiger partial charge in [0.1, 0.15) is 5.82 Å². The summed E-state index contributed by atoms with van der Waals surface area (Å²) < 4.78 is 13.6. The standard InChI is InChI=1S/C19H20FN3O2/c20-17-9-2-1-8-16(17)18(24)21-13-14-6-5-7-15(12-14)22-19(25)23-10-3-4-11-23/h1-2,5-9,12H,3-4,10-11,13H2,(H,21,24)(H,22,25). The number of nitrogens with zero attached hydrogens (tertiary/aromatic N) is 1. The molecule has 1 heterocycles. The molecule has 2 aromatic carbocycles. The monoisotopic (exact) mass is 341 g/mol. The van der Waals surface area contributed by atoms with Gasteiger partial charge in [-0.1, -0.05) is 24.3 Å². The van der Waals surface area contributed by atoms with Gasteiger partial charge in [-0.25, -0.2) is 9.18 Å². The van der Waals surface area contributed by atoms with E-state index < -0.39 is 11.7 Å². The Morgan fingerprint density at radius 2 is 1.80 bits per heavy atom. The lowest BCUT2D eigenvalue weighted by molar-refractivity contribution is 0.0947. The molecule has 1 saturated heterocycles.